The summed E-state index contributed by atoms with van der Waals surface area (Å²) in [6, 6.07) is 11.3. The Balaban J connectivity index is 1.24. The van der Waals surface area contributed by atoms with Crippen molar-refractivity contribution in [2.75, 3.05) is 62.8 Å². The number of amidine groups is 1. The van der Waals surface area contributed by atoms with Gasteiger partial charge in [0.05, 0.1) is 30.5 Å². The van der Waals surface area contributed by atoms with Gasteiger partial charge in [0.25, 0.3) is 0 Å². The van der Waals surface area contributed by atoms with Crippen LogP contribution in [0.15, 0.2) is 87.8 Å². The molecule has 1 aliphatic carbocycles. The molecule has 3 fully saturated rings. The minimum Gasteiger partial charge on any atom is -0.383 e. The van der Waals surface area contributed by atoms with Crippen molar-refractivity contribution in [3.63, 3.8) is 0 Å². The van der Waals surface area contributed by atoms with Gasteiger partial charge in [0.1, 0.15) is 11.9 Å². The van der Waals surface area contributed by atoms with Crippen LogP contribution in [0.1, 0.15) is 12.8 Å². The SMILES string of the molecule is C=C/N=C(\N=C(/N)C1=CC(C#N)=C(NC2CCOCC2)C=C=C1)Nc1ccc(N2CCN(C3COC3)CC2)cc1. The summed E-state index contributed by atoms with van der Waals surface area (Å²) in [5, 5.41) is 16.5. The molecule has 0 amide bonds. The van der Waals surface area contributed by atoms with Crippen LogP contribution in [-0.2, 0) is 9.47 Å². The highest BCUT2D eigenvalue weighted by molar-refractivity contribution is 6.10. The zero-order chi connectivity index (χ0) is 27.7. The van der Waals surface area contributed by atoms with Gasteiger partial charge in [-0.3, -0.25) is 4.90 Å². The number of allylic oxidation sites excluding steroid dienone is 3. The van der Waals surface area contributed by atoms with E-state index in [2.05, 4.69) is 60.9 Å². The van der Waals surface area contributed by atoms with Crippen LogP contribution in [0.2, 0.25) is 0 Å². The van der Waals surface area contributed by atoms with Gasteiger partial charge in [-0.25, -0.2) is 4.99 Å². The van der Waals surface area contributed by atoms with E-state index in [4.69, 9.17) is 15.2 Å². The number of nitrogens with zero attached hydrogens (tertiary/aromatic N) is 5. The molecule has 0 saturated carbocycles. The summed E-state index contributed by atoms with van der Waals surface area (Å²) in [7, 11) is 0. The molecule has 3 heterocycles. The summed E-state index contributed by atoms with van der Waals surface area (Å²) in [5.74, 6) is 0.502. The number of rotatable bonds is 7. The van der Waals surface area contributed by atoms with E-state index in [0.29, 0.717) is 42.1 Å². The molecular formula is C30H36N8O2. The van der Waals surface area contributed by atoms with Crippen molar-refractivity contribution < 1.29 is 9.47 Å². The van der Waals surface area contributed by atoms with Gasteiger partial charge in [-0.1, -0.05) is 6.58 Å². The van der Waals surface area contributed by atoms with Crippen LogP contribution in [0, 0.1) is 11.3 Å². The van der Waals surface area contributed by atoms with Crippen molar-refractivity contribution in [2.24, 2.45) is 15.7 Å². The summed E-state index contributed by atoms with van der Waals surface area (Å²) in [4.78, 5) is 13.7. The maximum atomic E-state index is 9.82. The maximum Gasteiger partial charge on any atom is 0.229 e. The van der Waals surface area contributed by atoms with Crippen molar-refractivity contribution >= 4 is 23.2 Å². The Morgan fingerprint density at radius 3 is 2.50 bits per heavy atom. The Kier molecular flexibility index (Phi) is 9.11. The summed E-state index contributed by atoms with van der Waals surface area (Å²) in [6.45, 7) is 10.9. The molecule has 5 rings (SSSR count). The Bertz CT molecular complexity index is 1300. The number of hydrogen-bond donors (Lipinski definition) is 3. The highest BCUT2D eigenvalue weighted by Crippen LogP contribution is 2.22. The van der Waals surface area contributed by atoms with Crippen LogP contribution in [0.25, 0.3) is 0 Å². The standard InChI is InChI=1S/C30H36N8O2/c1-2-33-30(35-24-6-8-26(9-7-24)37-12-14-38(15-13-37)27-20-40-21-27)36-29(32)22-4-3-5-28(23(18-22)19-31)34-25-10-16-39-17-11-25/h2,4-9,18,25,27,34H,1,10-17,20-21H2,(H3,32,33,35,36). The number of hydrogen-bond acceptors (Lipinski definition) is 7. The summed E-state index contributed by atoms with van der Waals surface area (Å²) in [5.41, 5.74) is 13.2. The van der Waals surface area contributed by atoms with Crippen molar-refractivity contribution in [2.45, 2.75) is 24.9 Å². The number of nitrogens with two attached hydrogens (primary N) is 1. The average molecular weight is 541 g/mol. The zero-order valence-electron chi connectivity index (χ0n) is 22.7. The number of nitriles is 1. The molecule has 10 heteroatoms. The van der Waals surface area contributed by atoms with E-state index in [1.54, 1.807) is 18.2 Å². The Morgan fingerprint density at radius 2 is 1.85 bits per heavy atom. The fraction of sp³-hybridized carbons (Fsp3) is 0.400. The fourth-order valence-electron chi connectivity index (χ4n) is 5.01. The number of piperazine rings is 1. The lowest BCUT2D eigenvalue weighted by Gasteiger charge is -2.43. The molecule has 4 aliphatic rings. The molecule has 0 unspecified atom stereocenters. The lowest BCUT2D eigenvalue weighted by Crippen LogP contribution is -2.56. The first-order valence-corrected chi connectivity index (χ1v) is 13.7. The maximum absolute atomic E-state index is 9.82. The molecule has 10 nitrogen and oxygen atoms in total. The lowest BCUT2D eigenvalue weighted by atomic mass is 10.1. The molecule has 0 bridgehead atoms. The third-order valence-electron chi connectivity index (χ3n) is 7.43. The fourth-order valence-corrected chi connectivity index (χ4v) is 5.01. The van der Waals surface area contributed by atoms with Gasteiger partial charge >= 0.3 is 0 Å². The monoisotopic (exact) mass is 540 g/mol. The average Bonchev–Trinajstić information content (AvgIpc) is 3.16. The summed E-state index contributed by atoms with van der Waals surface area (Å²) in [6.07, 6.45) is 8.39. The normalized spacial score (nSPS) is 21.4. The van der Waals surface area contributed by atoms with Crippen molar-refractivity contribution in [1.29, 1.82) is 5.26 Å². The smallest absolute Gasteiger partial charge is 0.229 e. The van der Waals surface area contributed by atoms with Crippen molar-refractivity contribution in [1.82, 2.24) is 10.2 Å². The van der Waals surface area contributed by atoms with E-state index in [9.17, 15) is 5.26 Å². The number of nitrogens with one attached hydrogen (secondary N) is 2. The van der Waals surface area contributed by atoms with Crippen molar-refractivity contribution in [3.05, 3.63) is 77.8 Å². The van der Waals surface area contributed by atoms with E-state index in [1.807, 2.05) is 12.1 Å². The molecule has 40 heavy (non-hydrogen) atoms. The number of benzene rings is 1. The molecule has 3 saturated heterocycles. The Morgan fingerprint density at radius 1 is 1.10 bits per heavy atom. The Hall–Kier alpha value is -4.13. The van der Waals surface area contributed by atoms with E-state index in [0.717, 1.165) is 57.9 Å². The van der Waals surface area contributed by atoms with Crippen LogP contribution in [0.3, 0.4) is 0 Å². The molecule has 0 atom stereocenters. The van der Waals surface area contributed by atoms with E-state index in [1.165, 1.54) is 11.9 Å². The predicted octanol–water partition coefficient (Wildman–Crippen LogP) is 2.67. The van der Waals surface area contributed by atoms with Crippen LogP contribution in [0.4, 0.5) is 11.4 Å². The number of anilines is 2. The first-order valence-electron chi connectivity index (χ1n) is 13.7. The Labute approximate surface area is 235 Å². The molecule has 0 spiro atoms. The second-order valence-corrected chi connectivity index (χ2v) is 10.0. The minimum absolute atomic E-state index is 0.209. The lowest BCUT2D eigenvalue weighted by molar-refractivity contribution is -0.0660. The second kappa shape index (κ2) is 13.3. The first-order chi connectivity index (χ1) is 19.6. The molecule has 4 N–H and O–H groups in total. The van der Waals surface area contributed by atoms with E-state index in [-0.39, 0.29) is 11.9 Å². The third kappa shape index (κ3) is 6.89. The molecule has 1 aromatic rings. The van der Waals surface area contributed by atoms with Crippen LogP contribution in [0.5, 0.6) is 0 Å². The van der Waals surface area contributed by atoms with Gasteiger partial charge in [0.2, 0.25) is 5.96 Å². The highest BCUT2D eigenvalue weighted by Gasteiger charge is 2.28. The van der Waals surface area contributed by atoms with E-state index >= 15 is 0 Å². The van der Waals surface area contributed by atoms with Gasteiger partial charge in [0, 0.05) is 74.7 Å². The first kappa shape index (κ1) is 27.4. The van der Waals surface area contributed by atoms with Gasteiger partial charge in [-0.05, 0) is 49.3 Å². The van der Waals surface area contributed by atoms with E-state index < -0.39 is 0 Å². The van der Waals surface area contributed by atoms with Crippen LogP contribution in [-0.4, -0.2) is 81.4 Å². The largest absolute Gasteiger partial charge is 0.383 e. The summed E-state index contributed by atoms with van der Waals surface area (Å²) >= 11 is 0. The second-order valence-electron chi connectivity index (χ2n) is 10.0. The number of guanidine groups is 1. The molecule has 208 valence electrons. The van der Waals surface area contributed by atoms with Gasteiger partial charge in [-0.2, -0.15) is 10.3 Å². The van der Waals surface area contributed by atoms with Gasteiger partial charge in [0.15, 0.2) is 0 Å². The third-order valence-corrected chi connectivity index (χ3v) is 7.43. The summed E-state index contributed by atoms with van der Waals surface area (Å²) < 4.78 is 10.8. The zero-order valence-corrected chi connectivity index (χ0v) is 22.7. The molecule has 0 radical (unpaired) electrons. The molecule has 0 aromatic heterocycles. The topological polar surface area (TPSA) is 124 Å². The molecular weight excluding hydrogens is 504 g/mol. The number of aliphatic imine (C=N–C) groups is 2. The number of ether oxygens (including phenoxy) is 2. The van der Waals surface area contributed by atoms with Crippen LogP contribution >= 0.6 is 0 Å². The van der Waals surface area contributed by atoms with Gasteiger partial charge < -0.3 is 30.7 Å². The molecule has 3 aliphatic heterocycles. The highest BCUT2D eigenvalue weighted by atomic mass is 16.5. The van der Waals surface area contributed by atoms with Gasteiger partial charge in [-0.15, -0.1) is 5.73 Å². The minimum atomic E-state index is 0.209. The molecule has 1 aromatic carbocycles. The van der Waals surface area contributed by atoms with Crippen molar-refractivity contribution in [3.8, 4) is 6.07 Å². The van der Waals surface area contributed by atoms with Crippen LogP contribution < -0.4 is 21.3 Å². The quantitative estimate of drug-likeness (QED) is 0.274. The predicted molar refractivity (Wildman–Crippen MR) is 158 cm³/mol.